The maximum absolute atomic E-state index is 13.9. The normalized spacial score (nSPS) is 16.6. The van der Waals surface area contributed by atoms with Gasteiger partial charge in [0.15, 0.2) is 5.96 Å². The molecule has 0 amide bonds. The molecule has 1 heterocycles. The maximum atomic E-state index is 13.9. The van der Waals surface area contributed by atoms with E-state index in [0.717, 1.165) is 18.4 Å². The van der Waals surface area contributed by atoms with Crippen LogP contribution in [0, 0.1) is 5.82 Å². The van der Waals surface area contributed by atoms with Crippen molar-refractivity contribution in [3.63, 3.8) is 0 Å². The summed E-state index contributed by atoms with van der Waals surface area (Å²) in [4.78, 5) is 6.18. The molecular formula is C19H33FIN5O2S. The molecule has 0 atom stereocenters. The second kappa shape index (κ2) is 12.0. The molecule has 0 saturated carbocycles. The van der Waals surface area contributed by atoms with Gasteiger partial charge in [0.2, 0.25) is 10.0 Å². The summed E-state index contributed by atoms with van der Waals surface area (Å²) in [5.74, 6) is 0.603. The van der Waals surface area contributed by atoms with Gasteiger partial charge in [0.25, 0.3) is 0 Å². The van der Waals surface area contributed by atoms with Gasteiger partial charge in [-0.05, 0) is 51.6 Å². The van der Waals surface area contributed by atoms with Crippen molar-refractivity contribution in [2.75, 3.05) is 40.0 Å². The lowest BCUT2D eigenvalue weighted by Crippen LogP contribution is -2.49. The Bertz CT molecular complexity index is 781. The molecule has 1 saturated heterocycles. The van der Waals surface area contributed by atoms with Gasteiger partial charge >= 0.3 is 0 Å². The lowest BCUT2D eigenvalue weighted by atomic mass is 10.1. The molecule has 2 rings (SSSR count). The van der Waals surface area contributed by atoms with Gasteiger partial charge in [-0.3, -0.25) is 4.99 Å². The number of sulfonamides is 1. The van der Waals surface area contributed by atoms with E-state index in [-0.39, 0.29) is 41.6 Å². The van der Waals surface area contributed by atoms with E-state index in [4.69, 9.17) is 0 Å². The van der Waals surface area contributed by atoms with Crippen LogP contribution in [-0.4, -0.2) is 69.6 Å². The number of piperidine rings is 1. The molecular weight excluding hydrogens is 508 g/mol. The predicted molar refractivity (Wildman–Crippen MR) is 127 cm³/mol. The van der Waals surface area contributed by atoms with Crippen LogP contribution in [0.4, 0.5) is 4.39 Å². The Balaban J connectivity index is 0.00000420. The van der Waals surface area contributed by atoms with Gasteiger partial charge in [-0.2, -0.15) is 0 Å². The van der Waals surface area contributed by atoms with Gasteiger partial charge in [-0.25, -0.2) is 17.1 Å². The number of hydrogen-bond donors (Lipinski definition) is 2. The van der Waals surface area contributed by atoms with Crippen molar-refractivity contribution >= 4 is 40.0 Å². The molecule has 0 spiro atoms. The van der Waals surface area contributed by atoms with Crippen LogP contribution < -0.4 is 10.6 Å². The maximum Gasteiger partial charge on any atom is 0.213 e. The summed E-state index contributed by atoms with van der Waals surface area (Å²) in [5.41, 5.74) is 1.64. The summed E-state index contributed by atoms with van der Waals surface area (Å²) < 4.78 is 39.4. The summed E-state index contributed by atoms with van der Waals surface area (Å²) in [6, 6.07) is 5.30. The summed E-state index contributed by atoms with van der Waals surface area (Å²) in [6.07, 6.45) is 1.48. The molecule has 1 aliphatic rings. The van der Waals surface area contributed by atoms with E-state index in [2.05, 4.69) is 15.6 Å². The molecule has 0 unspecified atom stereocenters. The number of benzene rings is 1. The van der Waals surface area contributed by atoms with Crippen LogP contribution in [0.1, 0.15) is 30.9 Å². The van der Waals surface area contributed by atoms with Crippen molar-refractivity contribution in [2.24, 2.45) is 4.99 Å². The standard InChI is InChI=1S/C19H32FN5O2S.HI/c1-5-28(26,27)25-10-8-17(9-11-25)23-19(21-2)22-13-15-6-7-18(20)16(12-15)14-24(3)4;/h6-7,12,17H,5,8-11,13-14H2,1-4H3,(H2,21,22,23);1H. The summed E-state index contributed by atoms with van der Waals surface area (Å²) in [6.45, 7) is 3.80. The van der Waals surface area contributed by atoms with E-state index in [1.54, 1.807) is 24.3 Å². The summed E-state index contributed by atoms with van der Waals surface area (Å²) in [7, 11) is 2.41. The van der Waals surface area contributed by atoms with E-state index >= 15 is 0 Å². The molecule has 1 aromatic carbocycles. The molecule has 0 aliphatic carbocycles. The monoisotopic (exact) mass is 541 g/mol. The molecule has 0 bridgehead atoms. The molecule has 166 valence electrons. The highest BCUT2D eigenvalue weighted by Gasteiger charge is 2.26. The second-order valence-electron chi connectivity index (χ2n) is 7.31. The van der Waals surface area contributed by atoms with Gasteiger partial charge in [0.1, 0.15) is 5.82 Å². The van der Waals surface area contributed by atoms with Crippen molar-refractivity contribution in [3.05, 3.63) is 35.1 Å². The van der Waals surface area contributed by atoms with Gasteiger partial charge < -0.3 is 15.5 Å². The Hall–Kier alpha value is -0.980. The molecule has 1 aliphatic heterocycles. The van der Waals surface area contributed by atoms with Gasteiger partial charge in [-0.1, -0.05) is 6.07 Å². The Morgan fingerprint density at radius 2 is 1.97 bits per heavy atom. The van der Waals surface area contributed by atoms with Crippen molar-refractivity contribution in [2.45, 2.75) is 38.9 Å². The third-order valence-corrected chi connectivity index (χ3v) is 6.71. The third kappa shape index (κ3) is 7.99. The number of nitrogens with zero attached hydrogens (tertiary/aromatic N) is 3. The SMILES string of the molecule is CCS(=O)(=O)N1CCC(NC(=NC)NCc2ccc(F)c(CN(C)C)c2)CC1.I. The van der Waals surface area contributed by atoms with Crippen LogP contribution in [0.3, 0.4) is 0 Å². The largest absolute Gasteiger partial charge is 0.354 e. The highest BCUT2D eigenvalue weighted by molar-refractivity contribution is 14.0. The first-order chi connectivity index (χ1) is 13.2. The average molecular weight is 541 g/mol. The highest BCUT2D eigenvalue weighted by atomic mass is 127. The van der Waals surface area contributed by atoms with Crippen LogP contribution in [0.15, 0.2) is 23.2 Å². The molecule has 7 nitrogen and oxygen atoms in total. The van der Waals surface area contributed by atoms with E-state index in [0.29, 0.717) is 37.7 Å². The van der Waals surface area contributed by atoms with Crippen molar-refractivity contribution < 1.29 is 12.8 Å². The molecule has 2 N–H and O–H groups in total. The Morgan fingerprint density at radius 3 is 2.52 bits per heavy atom. The number of rotatable bonds is 7. The first-order valence-electron chi connectivity index (χ1n) is 9.62. The predicted octanol–water partition coefficient (Wildman–Crippen LogP) is 1.98. The fourth-order valence-corrected chi connectivity index (χ4v) is 4.37. The van der Waals surface area contributed by atoms with E-state index in [1.807, 2.05) is 25.1 Å². The lowest BCUT2D eigenvalue weighted by molar-refractivity contribution is 0.306. The fraction of sp³-hybridized carbons (Fsp3) is 0.632. The first-order valence-corrected chi connectivity index (χ1v) is 11.2. The molecule has 10 heteroatoms. The molecule has 1 fully saturated rings. The summed E-state index contributed by atoms with van der Waals surface area (Å²) >= 11 is 0. The van der Waals surface area contributed by atoms with Crippen LogP contribution in [0.5, 0.6) is 0 Å². The zero-order valence-corrected chi connectivity index (χ0v) is 20.8. The minimum atomic E-state index is -3.12. The molecule has 29 heavy (non-hydrogen) atoms. The van der Waals surface area contributed by atoms with E-state index < -0.39 is 10.0 Å². The van der Waals surface area contributed by atoms with Crippen LogP contribution in [0.2, 0.25) is 0 Å². The van der Waals surface area contributed by atoms with Crippen LogP contribution >= 0.6 is 24.0 Å². The summed E-state index contributed by atoms with van der Waals surface area (Å²) in [5, 5.41) is 6.62. The highest BCUT2D eigenvalue weighted by Crippen LogP contribution is 2.15. The van der Waals surface area contributed by atoms with E-state index in [1.165, 1.54) is 6.07 Å². The van der Waals surface area contributed by atoms with Crippen molar-refractivity contribution in [1.82, 2.24) is 19.8 Å². The van der Waals surface area contributed by atoms with Crippen molar-refractivity contribution in [1.29, 1.82) is 0 Å². The minimum Gasteiger partial charge on any atom is -0.354 e. The second-order valence-corrected chi connectivity index (χ2v) is 9.57. The van der Waals surface area contributed by atoms with Gasteiger partial charge in [-0.15, -0.1) is 24.0 Å². The first kappa shape index (κ1) is 26.1. The fourth-order valence-electron chi connectivity index (χ4n) is 3.23. The minimum absolute atomic E-state index is 0. The van der Waals surface area contributed by atoms with E-state index in [9.17, 15) is 12.8 Å². The topological polar surface area (TPSA) is 77.0 Å². The molecule has 1 aromatic rings. The number of halogens is 2. The molecule has 0 aromatic heterocycles. The van der Waals surface area contributed by atoms with Gasteiger partial charge in [0, 0.05) is 44.8 Å². The number of hydrogen-bond acceptors (Lipinski definition) is 4. The lowest BCUT2D eigenvalue weighted by Gasteiger charge is -2.32. The number of nitrogens with one attached hydrogen (secondary N) is 2. The van der Waals surface area contributed by atoms with Crippen molar-refractivity contribution in [3.8, 4) is 0 Å². The Kier molecular flexibility index (Phi) is 10.8. The van der Waals surface area contributed by atoms with Crippen LogP contribution in [0.25, 0.3) is 0 Å². The van der Waals surface area contributed by atoms with Gasteiger partial charge in [0.05, 0.1) is 5.75 Å². The smallest absolute Gasteiger partial charge is 0.213 e. The quantitative estimate of drug-likeness (QED) is 0.314. The number of aliphatic imine (C=N–C) groups is 1. The third-order valence-electron chi connectivity index (χ3n) is 4.83. The average Bonchev–Trinajstić information content (AvgIpc) is 2.67. The Labute approximate surface area is 191 Å². The Morgan fingerprint density at radius 1 is 1.31 bits per heavy atom. The zero-order chi connectivity index (χ0) is 20.7. The number of guanidine groups is 1. The zero-order valence-electron chi connectivity index (χ0n) is 17.6. The molecule has 0 radical (unpaired) electrons. The van der Waals surface area contributed by atoms with Crippen LogP contribution in [-0.2, 0) is 23.1 Å².